The number of aryl methyl sites for hydroxylation is 1. The average Bonchev–Trinajstić information content (AvgIpc) is 2.84. The monoisotopic (exact) mass is 313 g/mol. The van der Waals surface area contributed by atoms with Gasteiger partial charge >= 0.3 is 0 Å². The Labute approximate surface area is 122 Å². The maximum Gasteiger partial charge on any atom is 0.246 e. The molecule has 0 unspecified atom stereocenters. The fourth-order valence-electron chi connectivity index (χ4n) is 1.91. The quantitative estimate of drug-likeness (QED) is 0.889. The molecular formula is C13H16FN3O3S. The van der Waals surface area contributed by atoms with E-state index in [9.17, 15) is 12.8 Å². The summed E-state index contributed by atoms with van der Waals surface area (Å²) in [7, 11) is -0.888. The zero-order chi connectivity index (χ0) is 15.6. The molecule has 1 aromatic carbocycles. The Morgan fingerprint density at radius 1 is 1.38 bits per heavy atom. The van der Waals surface area contributed by atoms with Crippen LogP contribution in [0.25, 0.3) is 0 Å². The summed E-state index contributed by atoms with van der Waals surface area (Å²) in [5.74, 6) is -0.842. The van der Waals surface area contributed by atoms with Crippen LogP contribution < -0.4 is 0 Å². The summed E-state index contributed by atoms with van der Waals surface area (Å²) in [6.45, 7) is -0.270. The third-order valence-corrected chi connectivity index (χ3v) is 4.85. The van der Waals surface area contributed by atoms with Crippen LogP contribution in [0.15, 0.2) is 35.5 Å². The highest BCUT2D eigenvalue weighted by molar-refractivity contribution is 7.89. The third-order valence-electron chi connectivity index (χ3n) is 3.03. The van der Waals surface area contributed by atoms with Crippen LogP contribution in [0, 0.1) is 5.82 Å². The first-order chi connectivity index (χ1) is 9.84. The van der Waals surface area contributed by atoms with Gasteiger partial charge in [0.2, 0.25) is 10.0 Å². The summed E-state index contributed by atoms with van der Waals surface area (Å²) in [5.41, 5.74) is 1.03. The molecule has 0 saturated carbocycles. The van der Waals surface area contributed by atoms with Gasteiger partial charge in [0.05, 0.1) is 12.8 Å². The molecule has 0 spiro atoms. The van der Waals surface area contributed by atoms with E-state index in [1.54, 1.807) is 24.1 Å². The minimum Gasteiger partial charge on any atom is -0.392 e. The van der Waals surface area contributed by atoms with Gasteiger partial charge in [-0.3, -0.25) is 4.68 Å². The summed E-state index contributed by atoms with van der Waals surface area (Å²) in [4.78, 5) is -0.444. The van der Waals surface area contributed by atoms with E-state index in [0.717, 1.165) is 16.4 Å². The minimum absolute atomic E-state index is 0.0823. The van der Waals surface area contributed by atoms with Gasteiger partial charge in [-0.1, -0.05) is 6.07 Å². The van der Waals surface area contributed by atoms with Gasteiger partial charge in [0, 0.05) is 32.4 Å². The van der Waals surface area contributed by atoms with Gasteiger partial charge in [-0.2, -0.15) is 9.40 Å². The second-order valence-corrected chi connectivity index (χ2v) is 6.72. The fraction of sp³-hybridized carbons (Fsp3) is 0.308. The summed E-state index contributed by atoms with van der Waals surface area (Å²) in [6.07, 6.45) is 3.24. The van der Waals surface area contributed by atoms with Crippen molar-refractivity contribution in [2.75, 3.05) is 7.05 Å². The SMILES string of the molecule is CN(Cc1cnn(C)c1)S(=O)(=O)c1cc(CO)ccc1F. The predicted octanol–water partition coefficient (Wildman–Crippen LogP) is 0.872. The highest BCUT2D eigenvalue weighted by Gasteiger charge is 2.25. The summed E-state index contributed by atoms with van der Waals surface area (Å²) in [6, 6.07) is 3.52. The van der Waals surface area contributed by atoms with Crippen LogP contribution in [0.2, 0.25) is 0 Å². The lowest BCUT2D eigenvalue weighted by Crippen LogP contribution is -2.27. The average molecular weight is 313 g/mol. The van der Waals surface area contributed by atoms with E-state index in [4.69, 9.17) is 5.11 Å². The van der Waals surface area contributed by atoms with Crippen molar-refractivity contribution in [1.29, 1.82) is 0 Å². The van der Waals surface area contributed by atoms with E-state index >= 15 is 0 Å². The highest BCUT2D eigenvalue weighted by atomic mass is 32.2. The first-order valence-corrected chi connectivity index (χ1v) is 7.61. The lowest BCUT2D eigenvalue weighted by Gasteiger charge is -2.17. The number of aliphatic hydroxyl groups excluding tert-OH is 1. The molecule has 1 aromatic heterocycles. The van der Waals surface area contributed by atoms with Crippen molar-refractivity contribution in [2.45, 2.75) is 18.0 Å². The van der Waals surface area contributed by atoms with Gasteiger partial charge in [0.25, 0.3) is 0 Å². The van der Waals surface area contributed by atoms with Crippen LogP contribution in [-0.4, -0.2) is 34.7 Å². The molecule has 1 N–H and O–H groups in total. The fourth-order valence-corrected chi connectivity index (χ4v) is 3.18. The number of rotatable bonds is 5. The molecule has 0 atom stereocenters. The molecule has 8 heteroatoms. The molecule has 0 saturated heterocycles. The van der Waals surface area contributed by atoms with E-state index in [-0.39, 0.29) is 13.2 Å². The normalized spacial score (nSPS) is 12.0. The Morgan fingerprint density at radius 3 is 2.67 bits per heavy atom. The van der Waals surface area contributed by atoms with Crippen LogP contribution in [0.1, 0.15) is 11.1 Å². The number of aliphatic hydroxyl groups is 1. The number of benzene rings is 1. The van der Waals surface area contributed by atoms with E-state index in [1.807, 2.05) is 0 Å². The topological polar surface area (TPSA) is 75.4 Å². The molecule has 0 aliphatic heterocycles. The standard InChI is InChI=1S/C13H16FN3O3S/c1-16-7-11(6-15-16)8-17(2)21(19,20)13-5-10(9-18)3-4-12(13)14/h3-7,18H,8-9H2,1-2H3. The van der Waals surface area contributed by atoms with Crippen molar-refractivity contribution in [3.8, 4) is 0 Å². The summed E-state index contributed by atoms with van der Waals surface area (Å²) >= 11 is 0. The largest absolute Gasteiger partial charge is 0.392 e. The maximum atomic E-state index is 13.8. The Balaban J connectivity index is 2.32. The zero-order valence-corrected chi connectivity index (χ0v) is 12.5. The molecule has 0 bridgehead atoms. The van der Waals surface area contributed by atoms with Crippen molar-refractivity contribution in [3.05, 3.63) is 47.5 Å². The Kier molecular flexibility index (Phi) is 4.40. The number of nitrogens with zero attached hydrogens (tertiary/aromatic N) is 3. The van der Waals surface area contributed by atoms with Crippen LogP contribution in [0.5, 0.6) is 0 Å². The van der Waals surface area contributed by atoms with Gasteiger partial charge < -0.3 is 5.11 Å². The molecule has 1 heterocycles. The summed E-state index contributed by atoms with van der Waals surface area (Å²) in [5, 5.41) is 13.0. The number of aromatic nitrogens is 2. The van der Waals surface area contributed by atoms with Crippen LogP contribution in [0.3, 0.4) is 0 Å². The van der Waals surface area contributed by atoms with E-state index < -0.39 is 20.7 Å². The second kappa shape index (κ2) is 5.92. The van der Waals surface area contributed by atoms with Crippen LogP contribution >= 0.6 is 0 Å². The van der Waals surface area contributed by atoms with Crippen molar-refractivity contribution >= 4 is 10.0 Å². The van der Waals surface area contributed by atoms with E-state index in [1.165, 1.54) is 13.1 Å². The molecule has 0 fully saturated rings. The Morgan fingerprint density at radius 2 is 2.10 bits per heavy atom. The van der Waals surface area contributed by atoms with Gasteiger partial charge in [-0.25, -0.2) is 12.8 Å². The maximum absolute atomic E-state index is 13.8. The third kappa shape index (κ3) is 3.29. The number of hydrogen-bond donors (Lipinski definition) is 1. The van der Waals surface area contributed by atoms with E-state index in [2.05, 4.69) is 5.10 Å². The first kappa shape index (κ1) is 15.6. The Bertz CT molecular complexity index is 743. The number of hydrogen-bond acceptors (Lipinski definition) is 4. The first-order valence-electron chi connectivity index (χ1n) is 6.17. The molecule has 0 aliphatic carbocycles. The van der Waals surface area contributed by atoms with Gasteiger partial charge in [0.15, 0.2) is 0 Å². The lowest BCUT2D eigenvalue weighted by molar-refractivity contribution is 0.281. The van der Waals surface area contributed by atoms with Gasteiger partial charge in [-0.05, 0) is 17.7 Å². The molecule has 0 radical (unpaired) electrons. The van der Waals surface area contributed by atoms with Gasteiger partial charge in [0.1, 0.15) is 10.7 Å². The van der Waals surface area contributed by atoms with Gasteiger partial charge in [-0.15, -0.1) is 0 Å². The van der Waals surface area contributed by atoms with E-state index in [0.29, 0.717) is 11.1 Å². The molecule has 0 aliphatic rings. The lowest BCUT2D eigenvalue weighted by atomic mass is 10.2. The molecular weight excluding hydrogens is 297 g/mol. The van der Waals surface area contributed by atoms with Crippen molar-refractivity contribution in [3.63, 3.8) is 0 Å². The zero-order valence-electron chi connectivity index (χ0n) is 11.7. The highest BCUT2D eigenvalue weighted by Crippen LogP contribution is 2.21. The summed E-state index contributed by atoms with van der Waals surface area (Å²) < 4.78 is 41.2. The molecule has 2 rings (SSSR count). The van der Waals surface area contributed by atoms with Crippen molar-refractivity contribution in [2.24, 2.45) is 7.05 Å². The molecule has 21 heavy (non-hydrogen) atoms. The molecule has 114 valence electrons. The van der Waals surface area contributed by atoms with Crippen LogP contribution in [-0.2, 0) is 30.2 Å². The Hall–Kier alpha value is -1.77. The molecule has 6 nitrogen and oxygen atoms in total. The van der Waals surface area contributed by atoms with Crippen molar-refractivity contribution in [1.82, 2.24) is 14.1 Å². The minimum atomic E-state index is -3.98. The van der Waals surface area contributed by atoms with Crippen LogP contribution in [0.4, 0.5) is 4.39 Å². The molecule has 2 aromatic rings. The second-order valence-electron chi connectivity index (χ2n) is 4.71. The van der Waals surface area contributed by atoms with Crippen molar-refractivity contribution < 1.29 is 17.9 Å². The predicted molar refractivity (Wildman–Crippen MR) is 74.2 cm³/mol. The number of sulfonamides is 1. The smallest absolute Gasteiger partial charge is 0.246 e. The number of halogens is 1. The molecule has 0 amide bonds.